The second kappa shape index (κ2) is 3.77. The summed E-state index contributed by atoms with van der Waals surface area (Å²) in [4.78, 5) is 3.62. The summed E-state index contributed by atoms with van der Waals surface area (Å²) >= 11 is 5.73. The molecule has 2 aromatic heterocycles. The van der Waals surface area contributed by atoms with Gasteiger partial charge in [0.1, 0.15) is 11.8 Å². The van der Waals surface area contributed by atoms with Gasteiger partial charge < -0.3 is 0 Å². The highest BCUT2D eigenvalue weighted by atomic mass is 35.5. The minimum atomic E-state index is -4.80. The topological polar surface area (TPSA) is 43.1 Å². The van der Waals surface area contributed by atoms with Crippen molar-refractivity contribution in [2.45, 2.75) is 6.18 Å². The zero-order valence-electron chi connectivity index (χ0n) is 8.91. The maximum atomic E-state index is 13.9. The van der Waals surface area contributed by atoms with Crippen LogP contribution >= 0.6 is 11.6 Å². The van der Waals surface area contributed by atoms with E-state index in [0.29, 0.717) is 6.07 Å². The highest BCUT2D eigenvalue weighted by Gasteiger charge is 2.35. The van der Waals surface area contributed by atoms with Crippen molar-refractivity contribution in [3.05, 3.63) is 35.0 Å². The number of hydrogen-bond donors (Lipinski definition) is 0. The summed E-state index contributed by atoms with van der Waals surface area (Å²) in [5, 5.41) is 6.98. The number of rotatable bonds is 0. The van der Waals surface area contributed by atoms with Crippen molar-refractivity contribution >= 4 is 28.3 Å². The fourth-order valence-electron chi connectivity index (χ4n) is 1.77. The van der Waals surface area contributed by atoms with Crippen LogP contribution in [-0.2, 0) is 6.18 Å². The van der Waals surface area contributed by atoms with Gasteiger partial charge in [0.05, 0.1) is 11.1 Å². The first-order chi connectivity index (χ1) is 8.89. The minimum absolute atomic E-state index is 0.106. The Labute approximate surface area is 107 Å². The lowest BCUT2D eigenvalue weighted by atomic mass is 10.1. The molecule has 0 N–H and O–H groups in total. The van der Waals surface area contributed by atoms with Gasteiger partial charge in [-0.3, -0.25) is 4.40 Å². The number of aromatic nitrogens is 4. The van der Waals surface area contributed by atoms with E-state index in [4.69, 9.17) is 11.6 Å². The van der Waals surface area contributed by atoms with Gasteiger partial charge in [-0.25, -0.2) is 9.37 Å². The maximum Gasteiger partial charge on any atom is 0.419 e. The van der Waals surface area contributed by atoms with Crippen LogP contribution < -0.4 is 0 Å². The first-order valence-electron chi connectivity index (χ1n) is 4.94. The summed E-state index contributed by atoms with van der Waals surface area (Å²) in [6.07, 6.45) is -3.58. The van der Waals surface area contributed by atoms with Crippen molar-refractivity contribution in [3.63, 3.8) is 0 Å². The molecule has 3 aromatic rings. The number of halogens is 5. The van der Waals surface area contributed by atoms with Crippen molar-refractivity contribution < 1.29 is 17.6 Å². The Morgan fingerprint density at radius 1 is 1.21 bits per heavy atom. The number of nitrogens with zero attached hydrogens (tertiary/aromatic N) is 4. The fraction of sp³-hybridized carbons (Fsp3) is 0.100. The highest BCUT2D eigenvalue weighted by Crippen LogP contribution is 2.34. The monoisotopic (exact) mass is 290 g/mol. The molecular weight excluding hydrogens is 288 g/mol. The number of benzene rings is 1. The SMILES string of the molecule is Fc1c(C(F)(F)F)ccc2c1nc(Cl)c1nncn12. The predicted molar refractivity (Wildman–Crippen MR) is 58.3 cm³/mol. The van der Waals surface area contributed by atoms with Gasteiger partial charge in [0.25, 0.3) is 0 Å². The van der Waals surface area contributed by atoms with E-state index in [9.17, 15) is 17.6 Å². The van der Waals surface area contributed by atoms with E-state index in [1.807, 2.05) is 0 Å². The maximum absolute atomic E-state index is 13.9. The van der Waals surface area contributed by atoms with E-state index in [2.05, 4.69) is 15.2 Å². The third-order valence-electron chi connectivity index (χ3n) is 2.60. The summed E-state index contributed by atoms with van der Waals surface area (Å²) in [6.45, 7) is 0. The Balaban J connectivity index is 2.47. The molecule has 0 aliphatic rings. The average Bonchev–Trinajstić information content (AvgIpc) is 2.79. The fourth-order valence-corrected chi connectivity index (χ4v) is 1.99. The molecule has 1 aromatic carbocycles. The van der Waals surface area contributed by atoms with Crippen molar-refractivity contribution in [1.29, 1.82) is 0 Å². The summed E-state index contributed by atoms with van der Waals surface area (Å²) < 4.78 is 53.0. The van der Waals surface area contributed by atoms with Gasteiger partial charge >= 0.3 is 6.18 Å². The minimum Gasteiger partial charge on any atom is -0.277 e. The van der Waals surface area contributed by atoms with Gasteiger partial charge in [-0.1, -0.05) is 11.6 Å². The van der Waals surface area contributed by atoms with Gasteiger partial charge in [-0.05, 0) is 12.1 Å². The second-order valence-electron chi connectivity index (χ2n) is 3.72. The Morgan fingerprint density at radius 3 is 2.63 bits per heavy atom. The van der Waals surface area contributed by atoms with Crippen molar-refractivity contribution in [3.8, 4) is 0 Å². The first kappa shape index (κ1) is 12.1. The molecule has 0 spiro atoms. The van der Waals surface area contributed by atoms with Crippen LogP contribution in [0, 0.1) is 5.82 Å². The largest absolute Gasteiger partial charge is 0.419 e. The van der Waals surface area contributed by atoms with Gasteiger partial charge in [-0.2, -0.15) is 13.2 Å². The lowest BCUT2D eigenvalue weighted by Gasteiger charge is -2.10. The molecule has 19 heavy (non-hydrogen) atoms. The zero-order chi connectivity index (χ0) is 13.8. The summed E-state index contributed by atoms with van der Waals surface area (Å²) in [7, 11) is 0. The molecule has 0 fully saturated rings. The summed E-state index contributed by atoms with van der Waals surface area (Å²) in [5.74, 6) is -1.47. The van der Waals surface area contributed by atoms with Crippen molar-refractivity contribution in [2.24, 2.45) is 0 Å². The molecule has 0 saturated carbocycles. The first-order valence-corrected chi connectivity index (χ1v) is 5.32. The zero-order valence-corrected chi connectivity index (χ0v) is 9.67. The Hall–Kier alpha value is -1.96. The lowest BCUT2D eigenvalue weighted by molar-refractivity contribution is -0.139. The van der Waals surface area contributed by atoms with Gasteiger partial charge in [0.2, 0.25) is 0 Å². The molecule has 0 atom stereocenters. The van der Waals surface area contributed by atoms with E-state index in [0.717, 1.165) is 6.07 Å². The Kier molecular flexibility index (Phi) is 2.40. The van der Waals surface area contributed by atoms with E-state index in [1.165, 1.54) is 10.7 Å². The standard InChI is InChI=1S/C10H3ClF4N4/c11-8-9-18-16-3-19(9)5-2-1-4(10(13,14)15)6(12)7(5)17-8/h1-3H. The predicted octanol–water partition coefficient (Wildman–Crippen LogP) is 3.09. The van der Waals surface area contributed by atoms with Gasteiger partial charge in [0.15, 0.2) is 16.6 Å². The Morgan fingerprint density at radius 2 is 1.95 bits per heavy atom. The molecule has 2 heterocycles. The highest BCUT2D eigenvalue weighted by molar-refractivity contribution is 6.32. The number of hydrogen-bond acceptors (Lipinski definition) is 3. The molecule has 0 unspecified atom stereocenters. The molecule has 0 aliphatic heterocycles. The lowest BCUT2D eigenvalue weighted by Crippen LogP contribution is -2.09. The molecule has 0 bridgehead atoms. The smallest absolute Gasteiger partial charge is 0.277 e. The average molecular weight is 291 g/mol. The van der Waals surface area contributed by atoms with Crippen LogP contribution in [0.4, 0.5) is 17.6 Å². The molecule has 0 aliphatic carbocycles. The molecule has 4 nitrogen and oxygen atoms in total. The van der Waals surface area contributed by atoms with Crippen LogP contribution in [-0.4, -0.2) is 19.6 Å². The van der Waals surface area contributed by atoms with Gasteiger partial charge in [0, 0.05) is 0 Å². The summed E-state index contributed by atoms with van der Waals surface area (Å²) in [5.41, 5.74) is -1.62. The molecule has 98 valence electrons. The third-order valence-corrected chi connectivity index (χ3v) is 2.86. The molecule has 0 saturated heterocycles. The second-order valence-corrected chi connectivity index (χ2v) is 4.08. The van der Waals surface area contributed by atoms with Crippen LogP contribution in [0.3, 0.4) is 0 Å². The molecular formula is C10H3ClF4N4. The van der Waals surface area contributed by atoms with Crippen LogP contribution in [0.2, 0.25) is 5.15 Å². The summed E-state index contributed by atoms with van der Waals surface area (Å²) in [6, 6.07) is 1.74. The molecule has 3 rings (SSSR count). The van der Waals surface area contributed by atoms with E-state index < -0.39 is 23.1 Å². The van der Waals surface area contributed by atoms with Crippen LogP contribution in [0.1, 0.15) is 5.56 Å². The van der Waals surface area contributed by atoms with Crippen LogP contribution in [0.25, 0.3) is 16.7 Å². The van der Waals surface area contributed by atoms with Crippen LogP contribution in [0.15, 0.2) is 18.5 Å². The number of alkyl halides is 3. The Bertz CT molecular complexity index is 795. The van der Waals surface area contributed by atoms with E-state index in [1.54, 1.807) is 0 Å². The van der Waals surface area contributed by atoms with Crippen molar-refractivity contribution in [1.82, 2.24) is 19.6 Å². The van der Waals surface area contributed by atoms with Gasteiger partial charge in [-0.15, -0.1) is 10.2 Å². The normalized spacial score (nSPS) is 12.5. The quantitative estimate of drug-likeness (QED) is 0.598. The third kappa shape index (κ3) is 1.71. The van der Waals surface area contributed by atoms with Crippen molar-refractivity contribution in [2.75, 3.05) is 0 Å². The van der Waals surface area contributed by atoms with E-state index in [-0.39, 0.29) is 16.3 Å². The molecule has 9 heteroatoms. The number of fused-ring (bicyclic) bond motifs is 3. The van der Waals surface area contributed by atoms with Crippen LogP contribution in [0.5, 0.6) is 0 Å². The molecule has 0 amide bonds. The van der Waals surface area contributed by atoms with E-state index >= 15 is 0 Å². The molecule has 0 radical (unpaired) electrons.